The van der Waals surface area contributed by atoms with Crippen LogP contribution in [0.25, 0.3) is 0 Å². The summed E-state index contributed by atoms with van der Waals surface area (Å²) in [5.41, 5.74) is 0. The van der Waals surface area contributed by atoms with Gasteiger partial charge in [0.15, 0.2) is 6.10 Å². The SMILES string of the molecule is CCCCCCCCCCCCCCCCCC(=O)OC[C@H](COC(=O)CCCCCCCCCCCCC(C)C)OC(=O)CCCCCCCCCCCCCCC. The molecule has 0 saturated carbocycles. The molecule has 0 radical (unpaired) electrons. The molecule has 350 valence electrons. The second-order valence-electron chi connectivity index (χ2n) is 18.6. The van der Waals surface area contributed by atoms with Crippen molar-refractivity contribution in [1.29, 1.82) is 0 Å². The molecule has 0 aliphatic heterocycles. The van der Waals surface area contributed by atoms with E-state index in [-0.39, 0.29) is 31.1 Å². The fourth-order valence-electron chi connectivity index (χ4n) is 8.04. The van der Waals surface area contributed by atoms with E-state index in [1.807, 2.05) is 0 Å². The van der Waals surface area contributed by atoms with Crippen molar-refractivity contribution >= 4 is 17.9 Å². The van der Waals surface area contributed by atoms with Crippen LogP contribution < -0.4 is 0 Å². The Labute approximate surface area is 368 Å². The summed E-state index contributed by atoms with van der Waals surface area (Å²) >= 11 is 0. The lowest BCUT2D eigenvalue weighted by Crippen LogP contribution is -2.30. The van der Waals surface area contributed by atoms with Gasteiger partial charge < -0.3 is 14.2 Å². The van der Waals surface area contributed by atoms with Crippen LogP contribution in [-0.2, 0) is 28.6 Å². The first-order valence-corrected chi connectivity index (χ1v) is 26.4. The van der Waals surface area contributed by atoms with E-state index in [0.717, 1.165) is 63.7 Å². The van der Waals surface area contributed by atoms with Crippen LogP contribution in [0.5, 0.6) is 0 Å². The van der Waals surface area contributed by atoms with Crippen molar-refractivity contribution in [3.63, 3.8) is 0 Å². The lowest BCUT2D eigenvalue weighted by Gasteiger charge is -2.18. The van der Waals surface area contributed by atoms with E-state index < -0.39 is 6.10 Å². The Morgan fingerprint density at radius 2 is 0.559 bits per heavy atom. The largest absolute Gasteiger partial charge is 0.462 e. The number of rotatable bonds is 48. The Kier molecular flexibility index (Phi) is 46.2. The van der Waals surface area contributed by atoms with Crippen molar-refractivity contribution in [2.45, 2.75) is 303 Å². The van der Waals surface area contributed by atoms with Gasteiger partial charge in [-0.2, -0.15) is 0 Å². The summed E-state index contributed by atoms with van der Waals surface area (Å²) < 4.78 is 16.8. The Balaban J connectivity index is 4.31. The molecule has 0 spiro atoms. The number of ether oxygens (including phenoxy) is 3. The zero-order valence-corrected chi connectivity index (χ0v) is 40.2. The lowest BCUT2D eigenvalue weighted by molar-refractivity contribution is -0.167. The molecule has 0 fully saturated rings. The molecule has 0 aliphatic rings. The van der Waals surface area contributed by atoms with Crippen LogP contribution in [0, 0.1) is 5.92 Å². The van der Waals surface area contributed by atoms with Crippen LogP contribution in [0.4, 0.5) is 0 Å². The minimum Gasteiger partial charge on any atom is -0.462 e. The molecular formula is C53H102O6. The number of hydrogen-bond acceptors (Lipinski definition) is 6. The Hall–Kier alpha value is -1.59. The normalized spacial score (nSPS) is 11.9. The summed E-state index contributed by atoms with van der Waals surface area (Å²) in [7, 11) is 0. The molecule has 0 amide bonds. The summed E-state index contributed by atoms with van der Waals surface area (Å²) in [6.07, 6.45) is 49.4. The zero-order chi connectivity index (χ0) is 43.1. The highest BCUT2D eigenvalue weighted by Gasteiger charge is 2.19. The summed E-state index contributed by atoms with van der Waals surface area (Å²) in [5.74, 6) is -0.0242. The van der Waals surface area contributed by atoms with Crippen molar-refractivity contribution in [2.24, 2.45) is 5.92 Å². The molecule has 0 rings (SSSR count). The topological polar surface area (TPSA) is 78.9 Å². The van der Waals surface area contributed by atoms with E-state index >= 15 is 0 Å². The van der Waals surface area contributed by atoms with Gasteiger partial charge in [0, 0.05) is 19.3 Å². The molecule has 0 bridgehead atoms. The molecule has 6 nitrogen and oxygen atoms in total. The summed E-state index contributed by atoms with van der Waals surface area (Å²) in [6, 6.07) is 0. The monoisotopic (exact) mass is 835 g/mol. The van der Waals surface area contributed by atoms with Crippen molar-refractivity contribution in [2.75, 3.05) is 13.2 Å². The first kappa shape index (κ1) is 57.4. The van der Waals surface area contributed by atoms with Crippen LogP contribution in [0.15, 0.2) is 0 Å². The third-order valence-electron chi connectivity index (χ3n) is 12.0. The van der Waals surface area contributed by atoms with Crippen molar-refractivity contribution in [1.82, 2.24) is 0 Å². The maximum absolute atomic E-state index is 12.8. The van der Waals surface area contributed by atoms with Gasteiger partial charge in [0.1, 0.15) is 13.2 Å². The second-order valence-corrected chi connectivity index (χ2v) is 18.6. The van der Waals surface area contributed by atoms with E-state index in [2.05, 4.69) is 27.7 Å². The average Bonchev–Trinajstić information content (AvgIpc) is 3.22. The number of carbonyl (C=O) groups excluding carboxylic acids is 3. The summed E-state index contributed by atoms with van der Waals surface area (Å²) in [4.78, 5) is 38.0. The molecule has 0 aromatic rings. The molecule has 0 aliphatic carbocycles. The molecule has 0 heterocycles. The fourth-order valence-corrected chi connectivity index (χ4v) is 8.04. The van der Waals surface area contributed by atoms with Crippen LogP contribution in [0.3, 0.4) is 0 Å². The number of hydrogen-bond donors (Lipinski definition) is 0. The number of carbonyl (C=O) groups is 3. The van der Waals surface area contributed by atoms with Gasteiger partial charge in [0.2, 0.25) is 0 Å². The molecule has 0 aromatic heterocycles. The lowest BCUT2D eigenvalue weighted by atomic mass is 10.0. The Morgan fingerprint density at radius 1 is 0.322 bits per heavy atom. The third kappa shape index (κ3) is 47.3. The fraction of sp³-hybridized carbons (Fsp3) is 0.943. The van der Waals surface area contributed by atoms with E-state index in [9.17, 15) is 14.4 Å². The van der Waals surface area contributed by atoms with Gasteiger partial charge in [0.05, 0.1) is 0 Å². The molecular weight excluding hydrogens is 733 g/mol. The summed E-state index contributed by atoms with van der Waals surface area (Å²) in [5, 5.41) is 0. The molecule has 0 N–H and O–H groups in total. The van der Waals surface area contributed by atoms with Crippen LogP contribution in [0.1, 0.15) is 297 Å². The molecule has 1 atom stereocenters. The predicted molar refractivity (Wildman–Crippen MR) is 252 cm³/mol. The highest BCUT2D eigenvalue weighted by atomic mass is 16.6. The van der Waals surface area contributed by atoms with Crippen LogP contribution in [-0.4, -0.2) is 37.2 Å². The minimum absolute atomic E-state index is 0.0626. The maximum atomic E-state index is 12.8. The molecule has 59 heavy (non-hydrogen) atoms. The van der Waals surface area contributed by atoms with Gasteiger partial charge in [0.25, 0.3) is 0 Å². The summed E-state index contributed by atoms with van der Waals surface area (Å²) in [6.45, 7) is 9.02. The van der Waals surface area contributed by atoms with Gasteiger partial charge in [-0.15, -0.1) is 0 Å². The van der Waals surface area contributed by atoms with Gasteiger partial charge in [-0.05, 0) is 25.2 Å². The van der Waals surface area contributed by atoms with Crippen molar-refractivity contribution in [3.8, 4) is 0 Å². The van der Waals surface area contributed by atoms with Crippen LogP contribution in [0.2, 0.25) is 0 Å². The standard InChI is InChI=1S/C53H102O6/c1-5-7-9-11-13-15-17-19-20-22-23-28-32-36-40-44-51(54)57-47-50(59-53(56)46-42-38-34-30-24-21-18-16-14-12-10-8-6-2)48-58-52(55)45-41-37-33-29-26-25-27-31-35-39-43-49(3)4/h49-50H,5-48H2,1-4H3/t50-/m1/s1. The first-order chi connectivity index (χ1) is 28.9. The van der Waals surface area contributed by atoms with Gasteiger partial charge in [-0.1, -0.05) is 259 Å². The molecule has 0 saturated heterocycles. The van der Waals surface area contributed by atoms with Crippen LogP contribution >= 0.6 is 0 Å². The maximum Gasteiger partial charge on any atom is 0.306 e. The van der Waals surface area contributed by atoms with E-state index in [1.54, 1.807) is 0 Å². The average molecular weight is 835 g/mol. The van der Waals surface area contributed by atoms with Crippen molar-refractivity contribution in [3.05, 3.63) is 0 Å². The number of unbranched alkanes of at least 4 members (excludes halogenated alkanes) is 35. The number of esters is 3. The third-order valence-corrected chi connectivity index (χ3v) is 12.0. The molecule has 0 aromatic carbocycles. The van der Waals surface area contributed by atoms with E-state index in [1.165, 1.54) is 193 Å². The van der Waals surface area contributed by atoms with Gasteiger partial charge in [-0.25, -0.2) is 0 Å². The quantitative estimate of drug-likeness (QED) is 0.0345. The molecule has 6 heteroatoms. The van der Waals surface area contributed by atoms with Gasteiger partial charge in [-0.3, -0.25) is 14.4 Å². The minimum atomic E-state index is -0.760. The van der Waals surface area contributed by atoms with E-state index in [0.29, 0.717) is 19.3 Å². The highest BCUT2D eigenvalue weighted by molar-refractivity contribution is 5.71. The predicted octanol–water partition coefficient (Wildman–Crippen LogP) is 17.1. The Morgan fingerprint density at radius 3 is 0.831 bits per heavy atom. The highest BCUT2D eigenvalue weighted by Crippen LogP contribution is 2.17. The zero-order valence-electron chi connectivity index (χ0n) is 40.2. The van der Waals surface area contributed by atoms with E-state index in [4.69, 9.17) is 14.2 Å². The van der Waals surface area contributed by atoms with Crippen molar-refractivity contribution < 1.29 is 28.6 Å². The van der Waals surface area contributed by atoms with Gasteiger partial charge >= 0.3 is 17.9 Å². The second kappa shape index (κ2) is 47.5. The molecule has 0 unspecified atom stereocenters. The Bertz CT molecular complexity index is 887. The first-order valence-electron chi connectivity index (χ1n) is 26.4. The smallest absolute Gasteiger partial charge is 0.306 e.